The Morgan fingerprint density at radius 2 is 2.08 bits per heavy atom. The summed E-state index contributed by atoms with van der Waals surface area (Å²) in [7, 11) is 1.59. The number of hydrogen-bond donors (Lipinski definition) is 1. The number of thiazole rings is 1. The number of esters is 1. The number of amides is 2. The second-order valence-electron chi connectivity index (χ2n) is 7.84. The number of thiophene rings is 1. The van der Waals surface area contributed by atoms with Gasteiger partial charge in [0.1, 0.15) is 10.8 Å². The maximum atomic E-state index is 12.6. The molecule has 0 fully saturated rings. The Labute approximate surface area is 220 Å². The van der Waals surface area contributed by atoms with Crippen LogP contribution in [0.25, 0.3) is 10.2 Å². The molecule has 3 aromatic rings. The highest BCUT2D eigenvalue weighted by molar-refractivity contribution is 8.00. The summed E-state index contributed by atoms with van der Waals surface area (Å²) >= 11 is 3.94. The van der Waals surface area contributed by atoms with Crippen LogP contribution in [-0.4, -0.2) is 47.6 Å². The number of hydrogen-bond acceptors (Lipinski definition) is 8. The van der Waals surface area contributed by atoms with Crippen molar-refractivity contribution in [2.45, 2.75) is 32.7 Å². The van der Waals surface area contributed by atoms with E-state index in [9.17, 15) is 14.4 Å². The first-order valence-corrected chi connectivity index (χ1v) is 14.1. The number of fused-ring (bicyclic) bond motifs is 2. The summed E-state index contributed by atoms with van der Waals surface area (Å²) < 4.78 is 13.2. The third-order valence-corrected chi connectivity index (χ3v) is 8.64. The molecule has 0 spiro atoms. The largest absolute Gasteiger partial charge is 0.497 e. The molecule has 1 aromatic carbocycles. The van der Waals surface area contributed by atoms with Gasteiger partial charge in [-0.15, -0.1) is 29.5 Å². The number of terminal acetylenes is 1. The molecule has 2 aromatic heterocycles. The predicted octanol–water partition coefficient (Wildman–Crippen LogP) is 3.87. The fraction of sp³-hybridized carbons (Fsp3) is 0.360. The van der Waals surface area contributed by atoms with Crippen LogP contribution in [0.1, 0.15) is 34.1 Å². The SMILES string of the molecule is C#CCn1c(=NC(=O)CSCC(=O)Nc2sc3c(c2C(=O)OCC)CCC3)sc2cc(OC)ccc21. The molecule has 1 N–H and O–H groups in total. The van der Waals surface area contributed by atoms with Crippen molar-refractivity contribution < 1.29 is 23.9 Å². The number of carbonyl (C=O) groups is 3. The number of anilines is 1. The average molecular weight is 544 g/mol. The molecular formula is C25H25N3O5S3. The number of methoxy groups -OCH3 is 1. The first kappa shape index (κ1) is 26.0. The van der Waals surface area contributed by atoms with Gasteiger partial charge in [-0.3, -0.25) is 9.59 Å². The van der Waals surface area contributed by atoms with E-state index in [1.165, 1.54) is 22.7 Å². The van der Waals surface area contributed by atoms with Crippen LogP contribution in [0.15, 0.2) is 23.2 Å². The fourth-order valence-corrected chi connectivity index (χ4v) is 6.92. The van der Waals surface area contributed by atoms with Crippen LogP contribution in [0.5, 0.6) is 5.75 Å². The van der Waals surface area contributed by atoms with E-state index in [1.807, 2.05) is 22.8 Å². The van der Waals surface area contributed by atoms with Gasteiger partial charge in [0, 0.05) is 4.88 Å². The summed E-state index contributed by atoms with van der Waals surface area (Å²) in [6.07, 6.45) is 8.23. The lowest BCUT2D eigenvalue weighted by molar-refractivity contribution is -0.115. The van der Waals surface area contributed by atoms with E-state index >= 15 is 0 Å². The average Bonchev–Trinajstić information content (AvgIpc) is 3.52. The summed E-state index contributed by atoms with van der Waals surface area (Å²) in [5.41, 5.74) is 2.33. The van der Waals surface area contributed by atoms with E-state index in [-0.39, 0.29) is 36.5 Å². The van der Waals surface area contributed by atoms with E-state index in [0.717, 1.165) is 51.7 Å². The number of ether oxygens (including phenoxy) is 2. The van der Waals surface area contributed by atoms with E-state index in [4.69, 9.17) is 15.9 Å². The molecule has 8 nitrogen and oxygen atoms in total. The third-order valence-electron chi connectivity index (χ3n) is 5.47. The van der Waals surface area contributed by atoms with Gasteiger partial charge in [0.2, 0.25) is 5.91 Å². The number of thioether (sulfide) groups is 1. The number of rotatable bonds is 9. The Balaban J connectivity index is 1.40. The number of benzene rings is 1. The van der Waals surface area contributed by atoms with E-state index < -0.39 is 5.97 Å². The predicted molar refractivity (Wildman–Crippen MR) is 144 cm³/mol. The second kappa shape index (κ2) is 11.8. The van der Waals surface area contributed by atoms with Gasteiger partial charge in [-0.1, -0.05) is 17.3 Å². The first-order chi connectivity index (χ1) is 17.4. The van der Waals surface area contributed by atoms with Crippen LogP contribution in [0.3, 0.4) is 0 Å². The Morgan fingerprint density at radius 3 is 2.83 bits per heavy atom. The van der Waals surface area contributed by atoms with Crippen molar-refractivity contribution in [1.29, 1.82) is 0 Å². The third kappa shape index (κ3) is 5.67. The topological polar surface area (TPSA) is 99.0 Å². The molecule has 0 aliphatic heterocycles. The van der Waals surface area contributed by atoms with Crippen LogP contribution in [0, 0.1) is 12.3 Å². The summed E-state index contributed by atoms with van der Waals surface area (Å²) in [5.74, 6) is 2.34. The number of aryl methyl sites for hydroxylation is 1. The minimum absolute atomic E-state index is 0.0344. The Kier molecular flexibility index (Phi) is 8.51. The Hall–Kier alpha value is -3.07. The highest BCUT2D eigenvalue weighted by Crippen LogP contribution is 2.39. The van der Waals surface area contributed by atoms with Gasteiger partial charge < -0.3 is 19.4 Å². The van der Waals surface area contributed by atoms with Gasteiger partial charge in [0.15, 0.2) is 4.80 Å². The lowest BCUT2D eigenvalue weighted by Crippen LogP contribution is -2.19. The van der Waals surface area contributed by atoms with Crippen molar-refractivity contribution >= 4 is 67.4 Å². The van der Waals surface area contributed by atoms with Crippen LogP contribution in [0.2, 0.25) is 0 Å². The molecule has 36 heavy (non-hydrogen) atoms. The molecule has 4 rings (SSSR count). The molecule has 0 saturated heterocycles. The molecule has 0 bridgehead atoms. The zero-order valence-electron chi connectivity index (χ0n) is 19.9. The van der Waals surface area contributed by atoms with Gasteiger partial charge in [-0.25, -0.2) is 4.79 Å². The molecule has 2 heterocycles. The van der Waals surface area contributed by atoms with Crippen molar-refractivity contribution in [2.75, 3.05) is 30.5 Å². The molecule has 0 atom stereocenters. The van der Waals surface area contributed by atoms with Crippen LogP contribution < -0.4 is 14.9 Å². The van der Waals surface area contributed by atoms with Gasteiger partial charge >= 0.3 is 5.97 Å². The summed E-state index contributed by atoms with van der Waals surface area (Å²) in [6.45, 7) is 2.31. The standard InChI is InChI=1S/C25H25N3O5S3/c1-4-11-28-17-10-9-15(32-3)12-19(17)36-25(28)27-21(30)14-34-13-20(29)26-23-22(24(31)33-5-2)16-7-6-8-18(16)35-23/h1,9-10,12H,5-8,11,13-14H2,2-3H3,(H,26,29). The molecule has 1 aliphatic carbocycles. The van der Waals surface area contributed by atoms with Crippen molar-refractivity contribution in [2.24, 2.45) is 4.99 Å². The monoisotopic (exact) mass is 543 g/mol. The fourth-order valence-electron chi connectivity index (χ4n) is 3.95. The number of aromatic nitrogens is 1. The number of nitrogens with zero attached hydrogens (tertiary/aromatic N) is 2. The number of carbonyl (C=O) groups excluding carboxylic acids is 3. The molecular weight excluding hydrogens is 518 g/mol. The lowest BCUT2D eigenvalue weighted by Gasteiger charge is -2.07. The highest BCUT2D eigenvalue weighted by Gasteiger charge is 2.28. The van der Waals surface area contributed by atoms with Crippen molar-refractivity contribution in [3.8, 4) is 18.1 Å². The van der Waals surface area contributed by atoms with E-state index in [2.05, 4.69) is 16.2 Å². The van der Waals surface area contributed by atoms with Crippen molar-refractivity contribution in [3.63, 3.8) is 0 Å². The van der Waals surface area contributed by atoms with Crippen LogP contribution >= 0.6 is 34.4 Å². The second-order valence-corrected chi connectivity index (χ2v) is 10.9. The minimum Gasteiger partial charge on any atom is -0.497 e. The van der Waals surface area contributed by atoms with Gasteiger partial charge in [0.25, 0.3) is 5.91 Å². The normalized spacial score (nSPS) is 12.9. The Morgan fingerprint density at radius 1 is 1.25 bits per heavy atom. The summed E-state index contributed by atoms with van der Waals surface area (Å²) in [4.78, 5) is 43.5. The zero-order valence-corrected chi connectivity index (χ0v) is 22.4. The molecule has 1 aliphatic rings. The highest BCUT2D eigenvalue weighted by atomic mass is 32.2. The maximum Gasteiger partial charge on any atom is 0.341 e. The van der Waals surface area contributed by atoms with Crippen molar-refractivity contribution in [1.82, 2.24) is 4.57 Å². The van der Waals surface area contributed by atoms with Gasteiger partial charge in [-0.05, 0) is 49.9 Å². The molecule has 0 saturated carbocycles. The minimum atomic E-state index is -0.407. The molecule has 188 valence electrons. The number of nitrogens with one attached hydrogen (secondary N) is 1. The van der Waals surface area contributed by atoms with Crippen molar-refractivity contribution in [3.05, 3.63) is 39.0 Å². The molecule has 0 radical (unpaired) electrons. The van der Waals surface area contributed by atoms with Crippen LogP contribution in [0.4, 0.5) is 5.00 Å². The Bertz CT molecular complexity index is 1430. The first-order valence-electron chi connectivity index (χ1n) is 11.3. The van der Waals surface area contributed by atoms with Gasteiger partial charge in [-0.2, -0.15) is 4.99 Å². The maximum absolute atomic E-state index is 12.6. The van der Waals surface area contributed by atoms with E-state index in [0.29, 0.717) is 21.1 Å². The molecule has 0 unspecified atom stereocenters. The van der Waals surface area contributed by atoms with Gasteiger partial charge in [0.05, 0.1) is 47.5 Å². The van der Waals surface area contributed by atoms with E-state index in [1.54, 1.807) is 14.0 Å². The smallest absolute Gasteiger partial charge is 0.341 e. The summed E-state index contributed by atoms with van der Waals surface area (Å²) in [6, 6.07) is 5.59. The molecule has 11 heteroatoms. The summed E-state index contributed by atoms with van der Waals surface area (Å²) in [5, 5.41) is 3.36. The lowest BCUT2D eigenvalue weighted by atomic mass is 10.1. The quantitative estimate of drug-likeness (QED) is 0.325. The zero-order chi connectivity index (χ0) is 25.7. The molecule has 2 amide bonds. The van der Waals surface area contributed by atoms with Crippen LogP contribution in [-0.2, 0) is 33.7 Å².